The number of fused-ring (bicyclic) bond motifs is 1. The maximum Gasteiger partial charge on any atom is 0.410 e. The average molecular weight is 359 g/mol. The van der Waals surface area contributed by atoms with E-state index in [1.54, 1.807) is 23.1 Å². The fraction of sp³-hybridized carbons (Fsp3) is 0.500. The largest absolute Gasteiger partial charge is 0.444 e. The Kier molecular flexibility index (Phi) is 4.52. The lowest BCUT2D eigenvalue weighted by molar-refractivity contribution is 0.0287. The third-order valence-electron chi connectivity index (χ3n) is 4.44. The quantitative estimate of drug-likeness (QED) is 0.869. The number of amides is 2. The number of rotatable bonds is 3. The minimum atomic E-state index is -0.502. The zero-order valence-corrected chi connectivity index (χ0v) is 15.4. The van der Waals surface area contributed by atoms with Gasteiger partial charge in [0.05, 0.1) is 11.0 Å². The molecular formula is C18H25N5O3. The molecule has 2 aromatic rings. The Labute approximate surface area is 152 Å². The normalized spacial score (nSPS) is 17.7. The number of hydrogen-bond acceptors (Lipinski definition) is 5. The van der Waals surface area contributed by atoms with Crippen LogP contribution in [0.3, 0.4) is 0 Å². The molecule has 1 saturated heterocycles. The van der Waals surface area contributed by atoms with Gasteiger partial charge in [0.2, 0.25) is 11.9 Å². The van der Waals surface area contributed by atoms with E-state index in [-0.39, 0.29) is 12.0 Å². The Bertz CT molecular complexity index is 852. The van der Waals surface area contributed by atoms with Crippen molar-refractivity contribution in [3.63, 3.8) is 0 Å². The number of primary amides is 1. The fourth-order valence-electron chi connectivity index (χ4n) is 3.23. The van der Waals surface area contributed by atoms with Crippen molar-refractivity contribution >= 4 is 29.0 Å². The van der Waals surface area contributed by atoms with E-state index in [2.05, 4.69) is 4.98 Å². The number of nitrogens with zero attached hydrogens (tertiary/aromatic N) is 3. The number of imidazole rings is 1. The lowest BCUT2D eigenvalue weighted by Gasteiger charge is -2.24. The van der Waals surface area contributed by atoms with Crippen LogP contribution in [0.5, 0.6) is 0 Å². The van der Waals surface area contributed by atoms with Crippen molar-refractivity contribution < 1.29 is 14.3 Å². The number of benzene rings is 1. The number of nitrogen functional groups attached to an aromatic ring is 1. The Balaban J connectivity index is 1.73. The van der Waals surface area contributed by atoms with Gasteiger partial charge < -0.3 is 25.7 Å². The number of aromatic nitrogens is 2. The Morgan fingerprint density at radius 2 is 2.08 bits per heavy atom. The lowest BCUT2D eigenvalue weighted by atomic mass is 10.1. The van der Waals surface area contributed by atoms with Crippen LogP contribution in [0.25, 0.3) is 11.0 Å². The molecule has 2 heterocycles. The van der Waals surface area contributed by atoms with Gasteiger partial charge in [-0.1, -0.05) is 0 Å². The maximum absolute atomic E-state index is 12.2. The van der Waals surface area contributed by atoms with Crippen LogP contribution in [0, 0.1) is 5.92 Å². The topological polar surface area (TPSA) is 116 Å². The van der Waals surface area contributed by atoms with Crippen molar-refractivity contribution in [1.29, 1.82) is 0 Å². The van der Waals surface area contributed by atoms with Crippen LogP contribution in [0.4, 0.5) is 10.7 Å². The van der Waals surface area contributed by atoms with Crippen LogP contribution in [0.1, 0.15) is 37.6 Å². The first-order valence-corrected chi connectivity index (χ1v) is 8.67. The SMILES string of the molecule is CC(C)(C)OC(=O)N1CC[C@H](Cn2c(N)nc3cc(C(N)=O)ccc32)C1. The number of ether oxygens (including phenoxy) is 1. The fourth-order valence-corrected chi connectivity index (χ4v) is 3.23. The standard InChI is InChI=1S/C18H25N5O3/c1-18(2,3)26-17(25)22-7-6-11(9-22)10-23-14-5-4-12(15(19)24)8-13(14)21-16(23)20/h4-5,8,11H,6-7,9-10H2,1-3H3,(H2,19,24)(H2,20,21)/t11-/m0/s1. The van der Waals surface area contributed by atoms with E-state index >= 15 is 0 Å². The first-order chi connectivity index (χ1) is 12.1. The molecule has 140 valence electrons. The average Bonchev–Trinajstić information content (AvgIpc) is 3.11. The van der Waals surface area contributed by atoms with Gasteiger partial charge in [-0.25, -0.2) is 9.78 Å². The summed E-state index contributed by atoms with van der Waals surface area (Å²) >= 11 is 0. The lowest BCUT2D eigenvalue weighted by Crippen LogP contribution is -2.35. The van der Waals surface area contributed by atoms with Gasteiger partial charge in [-0.2, -0.15) is 0 Å². The summed E-state index contributed by atoms with van der Waals surface area (Å²) in [6.07, 6.45) is 0.590. The van der Waals surface area contributed by atoms with Crippen molar-refractivity contribution in [1.82, 2.24) is 14.5 Å². The summed E-state index contributed by atoms with van der Waals surface area (Å²) in [6.45, 7) is 7.51. The molecule has 26 heavy (non-hydrogen) atoms. The zero-order chi connectivity index (χ0) is 19.1. The van der Waals surface area contributed by atoms with Gasteiger partial charge in [0.15, 0.2) is 0 Å². The molecule has 1 aromatic carbocycles. The molecule has 0 bridgehead atoms. The van der Waals surface area contributed by atoms with Crippen LogP contribution < -0.4 is 11.5 Å². The van der Waals surface area contributed by atoms with E-state index in [9.17, 15) is 9.59 Å². The summed E-state index contributed by atoms with van der Waals surface area (Å²) in [4.78, 5) is 29.6. The first kappa shape index (κ1) is 18.0. The zero-order valence-electron chi connectivity index (χ0n) is 15.4. The molecule has 1 atom stereocenters. The van der Waals surface area contributed by atoms with Gasteiger partial charge in [0.1, 0.15) is 5.60 Å². The molecule has 0 saturated carbocycles. The Hall–Kier alpha value is -2.77. The van der Waals surface area contributed by atoms with E-state index in [0.717, 1.165) is 11.9 Å². The second-order valence-corrected chi connectivity index (χ2v) is 7.73. The van der Waals surface area contributed by atoms with Crippen molar-refractivity contribution in [2.75, 3.05) is 18.8 Å². The minimum Gasteiger partial charge on any atom is -0.444 e. The number of carbonyl (C=O) groups is 2. The highest BCUT2D eigenvalue weighted by Crippen LogP contribution is 2.25. The van der Waals surface area contributed by atoms with Crippen molar-refractivity contribution in [2.24, 2.45) is 11.7 Å². The third kappa shape index (κ3) is 3.74. The van der Waals surface area contributed by atoms with Gasteiger partial charge >= 0.3 is 6.09 Å². The van der Waals surface area contributed by atoms with Gasteiger partial charge in [-0.15, -0.1) is 0 Å². The smallest absolute Gasteiger partial charge is 0.410 e. The van der Waals surface area contributed by atoms with Gasteiger partial charge in [-0.3, -0.25) is 4.79 Å². The molecule has 1 aliphatic rings. The first-order valence-electron chi connectivity index (χ1n) is 8.67. The van der Waals surface area contributed by atoms with E-state index < -0.39 is 11.5 Å². The summed E-state index contributed by atoms with van der Waals surface area (Å²) in [5.74, 6) is 0.152. The Morgan fingerprint density at radius 1 is 1.35 bits per heavy atom. The summed E-state index contributed by atoms with van der Waals surface area (Å²) in [7, 11) is 0. The van der Waals surface area contributed by atoms with Crippen LogP contribution >= 0.6 is 0 Å². The summed E-state index contributed by atoms with van der Waals surface area (Å²) < 4.78 is 7.35. The second-order valence-electron chi connectivity index (χ2n) is 7.73. The summed E-state index contributed by atoms with van der Waals surface area (Å²) in [5.41, 5.74) is 12.8. The molecule has 3 rings (SSSR count). The molecule has 0 radical (unpaired) electrons. The Morgan fingerprint density at radius 3 is 2.73 bits per heavy atom. The highest BCUT2D eigenvalue weighted by Gasteiger charge is 2.30. The molecule has 0 unspecified atom stereocenters. The van der Waals surface area contributed by atoms with Gasteiger partial charge in [-0.05, 0) is 51.3 Å². The van der Waals surface area contributed by atoms with Crippen molar-refractivity contribution in [3.05, 3.63) is 23.8 Å². The molecule has 2 amide bonds. The molecule has 1 aromatic heterocycles. The van der Waals surface area contributed by atoms with Crippen LogP contribution in [-0.2, 0) is 11.3 Å². The van der Waals surface area contributed by atoms with Crippen LogP contribution in [-0.4, -0.2) is 45.1 Å². The number of carbonyl (C=O) groups excluding carboxylic acids is 2. The van der Waals surface area contributed by atoms with Crippen LogP contribution in [0.2, 0.25) is 0 Å². The highest BCUT2D eigenvalue weighted by atomic mass is 16.6. The molecule has 8 heteroatoms. The second kappa shape index (κ2) is 6.51. The van der Waals surface area contributed by atoms with E-state index in [4.69, 9.17) is 16.2 Å². The summed E-state index contributed by atoms with van der Waals surface area (Å²) in [5, 5.41) is 0. The predicted octanol–water partition coefficient (Wildman–Crippen LogP) is 1.97. The molecule has 4 N–H and O–H groups in total. The monoisotopic (exact) mass is 359 g/mol. The number of nitrogens with two attached hydrogens (primary N) is 2. The van der Waals surface area contributed by atoms with E-state index in [1.807, 2.05) is 25.3 Å². The van der Waals surface area contributed by atoms with Crippen LogP contribution in [0.15, 0.2) is 18.2 Å². The number of likely N-dealkylation sites (tertiary alicyclic amines) is 1. The molecular weight excluding hydrogens is 334 g/mol. The number of anilines is 1. The molecule has 8 nitrogen and oxygen atoms in total. The molecule has 0 aliphatic carbocycles. The van der Waals surface area contributed by atoms with Gasteiger partial charge in [0.25, 0.3) is 0 Å². The minimum absolute atomic E-state index is 0.262. The third-order valence-corrected chi connectivity index (χ3v) is 4.44. The highest BCUT2D eigenvalue weighted by molar-refractivity contribution is 5.96. The molecule has 1 aliphatic heterocycles. The summed E-state index contributed by atoms with van der Waals surface area (Å²) in [6, 6.07) is 5.12. The molecule has 0 spiro atoms. The van der Waals surface area contributed by atoms with E-state index in [0.29, 0.717) is 36.7 Å². The van der Waals surface area contributed by atoms with Crippen molar-refractivity contribution in [2.45, 2.75) is 39.3 Å². The molecule has 1 fully saturated rings. The maximum atomic E-state index is 12.2. The van der Waals surface area contributed by atoms with Crippen molar-refractivity contribution in [3.8, 4) is 0 Å². The predicted molar refractivity (Wildman–Crippen MR) is 98.6 cm³/mol. The van der Waals surface area contributed by atoms with E-state index in [1.165, 1.54) is 0 Å². The number of hydrogen-bond donors (Lipinski definition) is 2. The van der Waals surface area contributed by atoms with Gasteiger partial charge in [0, 0.05) is 25.2 Å².